The Bertz CT molecular complexity index is 659. The van der Waals surface area contributed by atoms with Crippen LogP contribution in [-0.4, -0.2) is 22.2 Å². The summed E-state index contributed by atoms with van der Waals surface area (Å²) in [7, 11) is 0. The molecule has 4 nitrogen and oxygen atoms in total. The summed E-state index contributed by atoms with van der Waals surface area (Å²) in [6.45, 7) is 1.96. The number of benzene rings is 2. The highest BCUT2D eigenvalue weighted by atomic mass is 32.1. The van der Waals surface area contributed by atoms with Crippen molar-refractivity contribution in [2.45, 2.75) is 19.4 Å². The first-order chi connectivity index (χ1) is 10.6. The summed E-state index contributed by atoms with van der Waals surface area (Å²) in [5.74, 6) is -0.933. The van der Waals surface area contributed by atoms with Gasteiger partial charge in [-0.1, -0.05) is 48.5 Å². The van der Waals surface area contributed by atoms with Gasteiger partial charge in [0.05, 0.1) is 0 Å². The van der Waals surface area contributed by atoms with E-state index in [1.54, 1.807) is 0 Å². The molecule has 0 aliphatic rings. The van der Waals surface area contributed by atoms with Crippen molar-refractivity contribution >= 4 is 29.0 Å². The number of thiocarbonyl (C=S) groups is 1. The zero-order valence-electron chi connectivity index (χ0n) is 12.2. The molecule has 0 saturated carbocycles. The van der Waals surface area contributed by atoms with E-state index in [9.17, 15) is 9.90 Å². The number of carbonyl (C=O) groups is 1. The van der Waals surface area contributed by atoms with Crippen LogP contribution in [0.4, 0.5) is 5.69 Å². The van der Waals surface area contributed by atoms with Gasteiger partial charge in [-0.2, -0.15) is 0 Å². The molecule has 0 heterocycles. The molecule has 0 radical (unpaired) electrons. The van der Waals surface area contributed by atoms with Crippen molar-refractivity contribution in [3.8, 4) is 0 Å². The molecule has 0 aliphatic heterocycles. The van der Waals surface area contributed by atoms with Crippen LogP contribution in [0, 0.1) is 6.92 Å². The Morgan fingerprint density at radius 3 is 2.41 bits per heavy atom. The Balaban J connectivity index is 2.00. The number of aliphatic carboxylic acids is 1. The summed E-state index contributed by atoms with van der Waals surface area (Å²) in [4.78, 5) is 11.4. The standard InChI is InChI=1S/C17H18N2O2S/c1-12-7-5-6-10-14(12)18-17(22)19-15(16(20)21)11-13-8-3-2-4-9-13/h2-10,15H,11H2,1H3,(H,20,21)(H2,18,19,22)/t15-/m0/s1. The third-order valence-corrected chi connectivity index (χ3v) is 3.50. The van der Waals surface area contributed by atoms with Crippen LogP contribution < -0.4 is 10.6 Å². The van der Waals surface area contributed by atoms with Crippen molar-refractivity contribution in [2.24, 2.45) is 0 Å². The average Bonchev–Trinajstić information content (AvgIpc) is 2.50. The van der Waals surface area contributed by atoms with Gasteiger partial charge in [-0.05, 0) is 36.3 Å². The molecule has 0 aliphatic carbocycles. The fourth-order valence-corrected chi connectivity index (χ4v) is 2.33. The molecule has 0 aromatic heterocycles. The zero-order valence-corrected chi connectivity index (χ0v) is 13.1. The topological polar surface area (TPSA) is 61.4 Å². The molecule has 2 rings (SSSR count). The van der Waals surface area contributed by atoms with Gasteiger partial charge in [0.2, 0.25) is 0 Å². The summed E-state index contributed by atoms with van der Waals surface area (Å²) in [6, 6.07) is 16.4. The van der Waals surface area contributed by atoms with E-state index in [-0.39, 0.29) is 0 Å². The molecular formula is C17H18N2O2S. The highest BCUT2D eigenvalue weighted by Gasteiger charge is 2.19. The van der Waals surface area contributed by atoms with Crippen molar-refractivity contribution in [3.05, 3.63) is 65.7 Å². The lowest BCUT2D eigenvalue weighted by molar-refractivity contribution is -0.139. The van der Waals surface area contributed by atoms with E-state index in [2.05, 4.69) is 10.6 Å². The molecule has 1 atom stereocenters. The van der Waals surface area contributed by atoms with E-state index >= 15 is 0 Å². The molecule has 0 amide bonds. The Labute approximate surface area is 135 Å². The minimum atomic E-state index is -0.933. The third kappa shape index (κ3) is 4.56. The van der Waals surface area contributed by atoms with Gasteiger partial charge in [-0.3, -0.25) is 0 Å². The molecule has 0 spiro atoms. The van der Waals surface area contributed by atoms with Crippen LogP contribution in [0.2, 0.25) is 0 Å². The Kier molecular flexibility index (Phi) is 5.49. The fraction of sp³-hybridized carbons (Fsp3) is 0.176. The minimum absolute atomic E-state index is 0.303. The van der Waals surface area contributed by atoms with Crippen molar-refractivity contribution in [1.29, 1.82) is 0 Å². The van der Waals surface area contributed by atoms with Gasteiger partial charge in [0.15, 0.2) is 5.11 Å². The van der Waals surface area contributed by atoms with Crippen LogP contribution in [-0.2, 0) is 11.2 Å². The van der Waals surface area contributed by atoms with E-state index in [0.29, 0.717) is 11.5 Å². The number of anilines is 1. The van der Waals surface area contributed by atoms with Gasteiger partial charge in [0, 0.05) is 12.1 Å². The number of hydrogen-bond donors (Lipinski definition) is 3. The smallest absolute Gasteiger partial charge is 0.326 e. The molecule has 5 heteroatoms. The highest BCUT2D eigenvalue weighted by Crippen LogP contribution is 2.13. The normalized spacial score (nSPS) is 11.5. The second kappa shape index (κ2) is 7.56. The van der Waals surface area contributed by atoms with E-state index in [1.165, 1.54) is 0 Å². The van der Waals surface area contributed by atoms with Gasteiger partial charge >= 0.3 is 5.97 Å². The summed E-state index contributed by atoms with van der Waals surface area (Å²) >= 11 is 5.22. The van der Waals surface area contributed by atoms with Crippen LogP contribution in [0.1, 0.15) is 11.1 Å². The average molecular weight is 314 g/mol. The predicted octanol–water partition coefficient (Wildman–Crippen LogP) is 2.98. The molecule has 2 aromatic carbocycles. The van der Waals surface area contributed by atoms with E-state index in [0.717, 1.165) is 16.8 Å². The quantitative estimate of drug-likeness (QED) is 0.741. The fourth-order valence-electron chi connectivity index (χ4n) is 2.08. The SMILES string of the molecule is Cc1ccccc1NC(=S)N[C@@H](Cc1ccccc1)C(=O)O. The van der Waals surface area contributed by atoms with E-state index in [1.807, 2.05) is 61.5 Å². The molecule has 0 fully saturated rings. The van der Waals surface area contributed by atoms with E-state index < -0.39 is 12.0 Å². The second-order valence-corrected chi connectivity index (χ2v) is 5.40. The molecule has 114 valence electrons. The molecule has 3 N–H and O–H groups in total. The van der Waals surface area contributed by atoms with Crippen LogP contribution in [0.25, 0.3) is 0 Å². The van der Waals surface area contributed by atoms with Gasteiger partial charge < -0.3 is 15.7 Å². The maximum absolute atomic E-state index is 11.4. The first-order valence-electron chi connectivity index (χ1n) is 6.96. The number of rotatable bonds is 5. The maximum Gasteiger partial charge on any atom is 0.326 e. The number of para-hydroxylation sites is 1. The zero-order chi connectivity index (χ0) is 15.9. The highest BCUT2D eigenvalue weighted by molar-refractivity contribution is 7.80. The Hall–Kier alpha value is -2.40. The number of aryl methyl sites for hydroxylation is 1. The van der Waals surface area contributed by atoms with Crippen LogP contribution in [0.3, 0.4) is 0 Å². The van der Waals surface area contributed by atoms with Crippen LogP contribution in [0.15, 0.2) is 54.6 Å². The third-order valence-electron chi connectivity index (χ3n) is 3.28. The predicted molar refractivity (Wildman–Crippen MR) is 92.1 cm³/mol. The number of nitrogens with one attached hydrogen (secondary N) is 2. The maximum atomic E-state index is 11.4. The monoisotopic (exact) mass is 314 g/mol. The second-order valence-electron chi connectivity index (χ2n) is 4.99. The van der Waals surface area contributed by atoms with Gasteiger partial charge in [0.1, 0.15) is 6.04 Å². The van der Waals surface area contributed by atoms with Crippen LogP contribution >= 0.6 is 12.2 Å². The number of carboxylic acids is 1. The molecule has 0 saturated heterocycles. The molecule has 0 bridgehead atoms. The lowest BCUT2D eigenvalue weighted by Crippen LogP contribution is -2.44. The van der Waals surface area contributed by atoms with Crippen molar-refractivity contribution in [3.63, 3.8) is 0 Å². The van der Waals surface area contributed by atoms with Crippen molar-refractivity contribution < 1.29 is 9.90 Å². The van der Waals surface area contributed by atoms with E-state index in [4.69, 9.17) is 12.2 Å². The largest absolute Gasteiger partial charge is 0.480 e. The summed E-state index contributed by atoms with van der Waals surface area (Å²) in [5.41, 5.74) is 2.85. The summed E-state index contributed by atoms with van der Waals surface area (Å²) in [5, 5.41) is 15.6. The van der Waals surface area contributed by atoms with Crippen molar-refractivity contribution in [1.82, 2.24) is 5.32 Å². The number of carboxylic acid groups (broad SMARTS) is 1. The Morgan fingerprint density at radius 1 is 1.14 bits per heavy atom. The van der Waals surface area contributed by atoms with Gasteiger partial charge in [0.25, 0.3) is 0 Å². The summed E-state index contributed by atoms with van der Waals surface area (Å²) in [6.07, 6.45) is 0.367. The molecule has 22 heavy (non-hydrogen) atoms. The number of hydrogen-bond acceptors (Lipinski definition) is 2. The minimum Gasteiger partial charge on any atom is -0.480 e. The first-order valence-corrected chi connectivity index (χ1v) is 7.37. The van der Waals surface area contributed by atoms with Gasteiger partial charge in [-0.15, -0.1) is 0 Å². The van der Waals surface area contributed by atoms with Gasteiger partial charge in [-0.25, -0.2) is 4.79 Å². The summed E-state index contributed by atoms with van der Waals surface area (Å²) < 4.78 is 0. The lowest BCUT2D eigenvalue weighted by atomic mass is 10.1. The lowest BCUT2D eigenvalue weighted by Gasteiger charge is -2.18. The van der Waals surface area contributed by atoms with Crippen molar-refractivity contribution in [2.75, 3.05) is 5.32 Å². The molecule has 2 aromatic rings. The van der Waals surface area contributed by atoms with Crippen LogP contribution in [0.5, 0.6) is 0 Å². The first kappa shape index (κ1) is 16.0. The Morgan fingerprint density at radius 2 is 1.77 bits per heavy atom. The molecule has 0 unspecified atom stereocenters. The molecular weight excluding hydrogens is 296 g/mol.